The van der Waals surface area contributed by atoms with Gasteiger partial charge in [0.2, 0.25) is 0 Å². The largest absolute Gasteiger partial charge is 0.544 e. The summed E-state index contributed by atoms with van der Waals surface area (Å²) < 4.78 is 0. The number of carbonyl (C=O) groups excluding carboxylic acids is 2. The zero-order valence-corrected chi connectivity index (χ0v) is 16.7. The van der Waals surface area contributed by atoms with Crippen LogP contribution in [0.25, 0.3) is 0 Å². The fraction of sp³-hybridized carbons (Fsp3) is 0.889. The lowest BCUT2D eigenvalue weighted by Crippen LogP contribution is -2.96. The fourth-order valence-corrected chi connectivity index (χ4v) is 2.45. The van der Waals surface area contributed by atoms with Gasteiger partial charge in [0, 0.05) is 12.8 Å². The van der Waals surface area contributed by atoms with Gasteiger partial charge in [0.1, 0.15) is 12.1 Å². The Kier molecular flexibility index (Phi) is 13.8. The smallest absolute Gasteiger partial charge is 0.126 e. The summed E-state index contributed by atoms with van der Waals surface area (Å²) in [4.78, 5) is 21.3. The van der Waals surface area contributed by atoms with Gasteiger partial charge in [0.15, 0.2) is 0 Å². The summed E-state index contributed by atoms with van der Waals surface area (Å²) in [5, 5.41) is 24.9. The molecule has 24 heavy (non-hydrogen) atoms. The first kappa shape index (κ1) is 25.1. The molecule has 0 bridgehead atoms. The Morgan fingerprint density at radius 3 is 1.04 bits per heavy atom. The molecule has 0 saturated heterocycles. The molecular formula is C18H38N2O4. The Labute approximate surface area is 147 Å². The van der Waals surface area contributed by atoms with Gasteiger partial charge in [-0.3, -0.25) is 0 Å². The highest BCUT2D eigenvalue weighted by atomic mass is 16.4. The molecule has 0 fully saturated rings. The van der Waals surface area contributed by atoms with E-state index in [4.69, 9.17) is 0 Å². The first-order valence-corrected chi connectivity index (χ1v) is 8.98. The van der Waals surface area contributed by atoms with Crippen molar-refractivity contribution in [2.75, 3.05) is 0 Å². The van der Waals surface area contributed by atoms with Gasteiger partial charge < -0.3 is 30.4 Å². The average molecular weight is 347 g/mol. The maximum atomic E-state index is 10.6. The van der Waals surface area contributed by atoms with E-state index in [0.717, 1.165) is 0 Å². The lowest BCUT2D eigenvalue weighted by molar-refractivity contribution is -0.710. The van der Waals surface area contributed by atoms with Crippen LogP contribution in [0.2, 0.25) is 0 Å². The van der Waals surface area contributed by atoms with Crippen LogP contribution in [0.15, 0.2) is 0 Å². The molecule has 4 N–H and O–H groups in total. The summed E-state index contributed by atoms with van der Waals surface area (Å²) in [6.45, 7) is 16.0. The SMILES string of the molecule is CC(C)C[C@H]([NH2+]C(C)C)C(=O)[O-].CC(C)C[C@H]([NH2+]C(C)C)C(=O)[O-]. The van der Waals surface area contributed by atoms with Crippen molar-refractivity contribution in [2.24, 2.45) is 11.8 Å². The highest BCUT2D eigenvalue weighted by molar-refractivity contribution is 5.69. The Morgan fingerprint density at radius 2 is 0.917 bits per heavy atom. The van der Waals surface area contributed by atoms with Crippen LogP contribution in [0.3, 0.4) is 0 Å². The van der Waals surface area contributed by atoms with Crippen LogP contribution in [-0.2, 0) is 9.59 Å². The molecule has 0 radical (unpaired) electrons. The van der Waals surface area contributed by atoms with Crippen LogP contribution < -0.4 is 20.8 Å². The molecule has 0 aliphatic rings. The second-order valence-corrected chi connectivity index (χ2v) is 7.98. The number of carboxylic acids is 2. The third-order valence-electron chi connectivity index (χ3n) is 3.29. The van der Waals surface area contributed by atoms with Gasteiger partial charge in [-0.05, 0) is 39.5 Å². The number of nitrogens with two attached hydrogens (primary N) is 2. The van der Waals surface area contributed by atoms with Crippen molar-refractivity contribution < 1.29 is 30.4 Å². The van der Waals surface area contributed by atoms with Crippen LogP contribution in [0, 0.1) is 11.8 Å². The minimum absolute atomic E-state index is 0.312. The van der Waals surface area contributed by atoms with Crippen molar-refractivity contribution in [2.45, 2.75) is 92.4 Å². The average Bonchev–Trinajstić information content (AvgIpc) is 2.35. The normalized spacial score (nSPS) is 13.8. The Morgan fingerprint density at radius 1 is 0.667 bits per heavy atom. The molecule has 6 nitrogen and oxygen atoms in total. The molecular weight excluding hydrogens is 308 g/mol. The Balaban J connectivity index is 0. The number of quaternary nitrogens is 2. The maximum absolute atomic E-state index is 10.6. The standard InChI is InChI=1S/2C9H19NO2/c2*1-6(2)5-8(9(11)12)10-7(3)4/h2*6-8,10H,5H2,1-4H3,(H,11,12)/t2*8-/m00/s1. The van der Waals surface area contributed by atoms with Crippen LogP contribution in [0.1, 0.15) is 68.2 Å². The molecule has 6 heteroatoms. The van der Waals surface area contributed by atoms with Crippen LogP contribution in [0.5, 0.6) is 0 Å². The van der Waals surface area contributed by atoms with E-state index in [-0.39, 0.29) is 12.1 Å². The molecule has 0 heterocycles. The zero-order valence-electron chi connectivity index (χ0n) is 16.7. The summed E-state index contributed by atoms with van der Waals surface area (Å²) in [6, 6.07) is -0.145. The fourth-order valence-electron chi connectivity index (χ4n) is 2.45. The monoisotopic (exact) mass is 346 g/mol. The van der Waals surface area contributed by atoms with Crippen LogP contribution >= 0.6 is 0 Å². The molecule has 0 aromatic heterocycles. The summed E-state index contributed by atoms with van der Waals surface area (Å²) in [5.41, 5.74) is 0. The van der Waals surface area contributed by atoms with Crippen LogP contribution in [-0.4, -0.2) is 36.1 Å². The maximum Gasteiger partial charge on any atom is 0.126 e. The minimum Gasteiger partial charge on any atom is -0.544 e. The molecule has 0 aromatic rings. The van der Waals surface area contributed by atoms with E-state index in [2.05, 4.69) is 0 Å². The van der Waals surface area contributed by atoms with E-state index in [0.29, 0.717) is 36.8 Å². The Bertz CT molecular complexity index is 301. The second-order valence-electron chi connectivity index (χ2n) is 7.98. The topological polar surface area (TPSA) is 113 Å². The van der Waals surface area contributed by atoms with Gasteiger partial charge in [0.05, 0.1) is 24.0 Å². The van der Waals surface area contributed by atoms with Gasteiger partial charge in [0.25, 0.3) is 0 Å². The molecule has 0 amide bonds. The quantitative estimate of drug-likeness (QED) is 0.488. The lowest BCUT2D eigenvalue weighted by atomic mass is 10.0. The second kappa shape index (κ2) is 13.2. The molecule has 144 valence electrons. The van der Waals surface area contributed by atoms with Gasteiger partial charge in [-0.25, -0.2) is 0 Å². The van der Waals surface area contributed by atoms with Crippen molar-refractivity contribution in [3.63, 3.8) is 0 Å². The molecule has 0 aromatic carbocycles. The number of carbonyl (C=O) groups is 2. The molecule has 2 atom stereocenters. The van der Waals surface area contributed by atoms with E-state index in [9.17, 15) is 19.8 Å². The number of aliphatic carboxylic acids is 2. The third kappa shape index (κ3) is 15.7. The summed E-state index contributed by atoms with van der Waals surface area (Å²) >= 11 is 0. The van der Waals surface area contributed by atoms with Crippen molar-refractivity contribution in [3.8, 4) is 0 Å². The molecule has 0 spiro atoms. The third-order valence-corrected chi connectivity index (χ3v) is 3.29. The van der Waals surface area contributed by atoms with Gasteiger partial charge in [-0.1, -0.05) is 27.7 Å². The Hall–Kier alpha value is -1.14. The summed E-state index contributed by atoms with van der Waals surface area (Å²) in [5.74, 6) is -1.08. The van der Waals surface area contributed by atoms with E-state index in [1.54, 1.807) is 0 Å². The zero-order chi connectivity index (χ0) is 19.4. The van der Waals surface area contributed by atoms with E-state index in [1.807, 2.05) is 66.0 Å². The number of carboxylic acid groups (broad SMARTS) is 2. The first-order chi connectivity index (χ1) is 10.9. The number of hydrogen-bond acceptors (Lipinski definition) is 4. The molecule has 0 unspecified atom stereocenters. The van der Waals surface area contributed by atoms with Crippen molar-refractivity contribution in [1.82, 2.24) is 0 Å². The van der Waals surface area contributed by atoms with E-state index < -0.39 is 11.9 Å². The minimum atomic E-state index is -0.947. The summed E-state index contributed by atoms with van der Waals surface area (Å²) in [7, 11) is 0. The molecule has 0 aliphatic heterocycles. The van der Waals surface area contributed by atoms with Gasteiger partial charge in [-0.15, -0.1) is 0 Å². The molecule has 0 rings (SSSR count). The van der Waals surface area contributed by atoms with Gasteiger partial charge >= 0.3 is 0 Å². The lowest BCUT2D eigenvalue weighted by Gasteiger charge is -2.20. The number of hydrogen-bond donors (Lipinski definition) is 2. The van der Waals surface area contributed by atoms with E-state index >= 15 is 0 Å². The molecule has 0 saturated carbocycles. The summed E-state index contributed by atoms with van der Waals surface area (Å²) in [6.07, 6.45) is 1.36. The predicted molar refractivity (Wildman–Crippen MR) is 90.6 cm³/mol. The van der Waals surface area contributed by atoms with Crippen molar-refractivity contribution >= 4 is 11.9 Å². The molecule has 0 aliphatic carbocycles. The first-order valence-electron chi connectivity index (χ1n) is 8.98. The van der Waals surface area contributed by atoms with Crippen molar-refractivity contribution in [3.05, 3.63) is 0 Å². The highest BCUT2D eigenvalue weighted by Crippen LogP contribution is 2.01. The van der Waals surface area contributed by atoms with Crippen molar-refractivity contribution in [1.29, 1.82) is 0 Å². The van der Waals surface area contributed by atoms with E-state index in [1.165, 1.54) is 0 Å². The highest BCUT2D eigenvalue weighted by Gasteiger charge is 2.16. The van der Waals surface area contributed by atoms with Gasteiger partial charge in [-0.2, -0.15) is 0 Å². The predicted octanol–water partition coefficient (Wildman–Crippen LogP) is -1.75. The van der Waals surface area contributed by atoms with Crippen LogP contribution in [0.4, 0.5) is 0 Å². The number of rotatable bonds is 10.